The lowest BCUT2D eigenvalue weighted by Gasteiger charge is -2.35. The highest BCUT2D eigenvalue weighted by atomic mass is 16.5. The molecule has 3 heterocycles. The Labute approximate surface area is 262 Å². The zero-order chi connectivity index (χ0) is 31.8. The minimum absolute atomic E-state index is 0.0167. The number of unbranched alkanes of at least 4 members (excludes halogenated alkanes) is 2. The molecule has 5 N–H and O–H groups in total. The van der Waals surface area contributed by atoms with Crippen LogP contribution in [0.15, 0.2) is 48.9 Å². The Morgan fingerprint density at radius 1 is 1.16 bits per heavy atom. The number of benzene rings is 2. The van der Waals surface area contributed by atoms with E-state index in [1.54, 1.807) is 19.4 Å². The predicted molar refractivity (Wildman–Crippen MR) is 171 cm³/mol. The van der Waals surface area contributed by atoms with Gasteiger partial charge in [0.05, 0.1) is 36.5 Å². The van der Waals surface area contributed by atoms with Gasteiger partial charge >= 0.3 is 0 Å². The average Bonchev–Trinajstić information content (AvgIpc) is 3.50. The van der Waals surface area contributed by atoms with Crippen LogP contribution in [0.1, 0.15) is 55.2 Å². The van der Waals surface area contributed by atoms with Crippen LogP contribution in [0.4, 0.5) is 11.5 Å². The first-order valence-corrected chi connectivity index (χ1v) is 14.9. The number of aromatic nitrogens is 4. The number of H-pyrrole nitrogens is 1. The van der Waals surface area contributed by atoms with E-state index in [1.165, 1.54) is 6.33 Å². The second kappa shape index (κ2) is 14.5. The number of nitrogens with two attached hydrogens (primary N) is 1. The lowest BCUT2D eigenvalue weighted by atomic mass is 9.99. The number of terminal acetylenes is 1. The maximum atomic E-state index is 12.9. The molecule has 12 nitrogen and oxygen atoms in total. The number of carbonyl (C=O) groups excluding carboxylic acids is 2. The summed E-state index contributed by atoms with van der Waals surface area (Å²) < 4.78 is 11.8. The Morgan fingerprint density at radius 2 is 2.00 bits per heavy atom. The number of likely N-dealkylation sites (tertiary alicyclic amines) is 1. The number of carbonyl (C=O) groups is 2. The van der Waals surface area contributed by atoms with Crippen LogP contribution in [-0.2, 0) is 16.2 Å². The quantitative estimate of drug-likeness (QED) is 0.116. The van der Waals surface area contributed by atoms with Crippen molar-refractivity contribution in [2.45, 2.75) is 44.8 Å². The molecule has 2 aromatic carbocycles. The Balaban J connectivity index is 1.30. The minimum atomic E-state index is -0.303. The van der Waals surface area contributed by atoms with E-state index in [-0.39, 0.29) is 30.4 Å². The summed E-state index contributed by atoms with van der Waals surface area (Å²) in [6, 6.07) is 10.9. The number of imidazole rings is 1. The average molecular weight is 611 g/mol. The molecule has 0 unspecified atom stereocenters. The van der Waals surface area contributed by atoms with Crippen molar-refractivity contribution in [2.75, 3.05) is 32.6 Å². The summed E-state index contributed by atoms with van der Waals surface area (Å²) in [6.07, 6.45) is 12.2. The smallest absolute Gasteiger partial charge is 0.226 e. The van der Waals surface area contributed by atoms with Gasteiger partial charge in [-0.15, -0.1) is 6.42 Å². The molecule has 2 amide bonds. The van der Waals surface area contributed by atoms with Gasteiger partial charge in [-0.2, -0.15) is 0 Å². The van der Waals surface area contributed by atoms with Crippen LogP contribution in [-0.4, -0.2) is 63.9 Å². The normalized spacial score (nSPS) is 13.9. The maximum absolute atomic E-state index is 12.9. The molecule has 1 saturated heterocycles. The lowest BCUT2D eigenvalue weighted by Crippen LogP contribution is -2.52. The molecule has 12 heteroatoms. The van der Waals surface area contributed by atoms with Gasteiger partial charge in [0.15, 0.2) is 11.5 Å². The minimum Gasteiger partial charge on any atom is -0.493 e. The molecular weight excluding hydrogens is 572 g/mol. The van der Waals surface area contributed by atoms with E-state index in [0.29, 0.717) is 47.9 Å². The molecule has 45 heavy (non-hydrogen) atoms. The monoisotopic (exact) mass is 610 g/mol. The first-order chi connectivity index (χ1) is 21.8. The summed E-state index contributed by atoms with van der Waals surface area (Å²) in [5.74, 6) is 4.60. The summed E-state index contributed by atoms with van der Waals surface area (Å²) in [7, 11) is 3.57. The fourth-order valence-corrected chi connectivity index (χ4v) is 5.30. The van der Waals surface area contributed by atoms with Gasteiger partial charge in [-0.05, 0) is 44.2 Å². The van der Waals surface area contributed by atoms with E-state index in [2.05, 4.69) is 41.4 Å². The van der Waals surface area contributed by atoms with Crippen molar-refractivity contribution in [2.24, 2.45) is 11.7 Å². The van der Waals surface area contributed by atoms with Crippen LogP contribution in [0.2, 0.25) is 0 Å². The molecule has 0 radical (unpaired) electrons. The van der Waals surface area contributed by atoms with Gasteiger partial charge in [0.1, 0.15) is 24.6 Å². The zero-order valence-corrected chi connectivity index (χ0v) is 25.5. The Kier molecular flexibility index (Phi) is 10.1. The zero-order valence-electron chi connectivity index (χ0n) is 25.5. The summed E-state index contributed by atoms with van der Waals surface area (Å²) >= 11 is 0. The van der Waals surface area contributed by atoms with Gasteiger partial charge < -0.3 is 35.7 Å². The number of rotatable bonds is 15. The Bertz CT molecular complexity index is 1690. The molecule has 1 aliphatic rings. The molecule has 0 aliphatic carbocycles. The standard InChI is InChI=1S/C33H38N8O4/c1-4-21-9-8-10-23(13-21)38-31-25-14-29(28(44-3)15-27(25)36-20-37-31)45-19-24-16-35-32(39-24)26(11-6-5-7-12-30(34)42)40-33(43)22-17-41(2)18-22/h1,8-10,13-16,20,22,26H,5-7,11-12,17-19H2,2-3H3,(H2,34,42)(H,35,39)(H,40,43)(H,36,37,38)/t26-/m0/s1. The second-order valence-electron chi connectivity index (χ2n) is 11.2. The SMILES string of the molecule is C#Cc1cccc(Nc2ncnc3cc(OC)c(OCc4cnc([C@H](CCCCCC(N)=O)NC(=O)C5CN(C)C5)[nH]4)cc23)c1. The van der Waals surface area contributed by atoms with Crippen molar-refractivity contribution < 1.29 is 19.1 Å². The van der Waals surface area contributed by atoms with Crippen LogP contribution < -0.4 is 25.8 Å². The number of anilines is 2. The van der Waals surface area contributed by atoms with Crippen LogP contribution in [0.3, 0.4) is 0 Å². The highest BCUT2D eigenvalue weighted by Gasteiger charge is 2.31. The number of nitrogens with one attached hydrogen (secondary N) is 3. The van der Waals surface area contributed by atoms with E-state index in [9.17, 15) is 9.59 Å². The van der Waals surface area contributed by atoms with Crippen LogP contribution in [0, 0.1) is 18.3 Å². The van der Waals surface area contributed by atoms with Gasteiger partial charge in [-0.25, -0.2) is 15.0 Å². The molecular formula is C33H38N8O4. The van der Waals surface area contributed by atoms with E-state index in [0.717, 1.165) is 48.3 Å². The van der Waals surface area contributed by atoms with Crippen LogP contribution in [0.25, 0.3) is 10.9 Å². The van der Waals surface area contributed by atoms with Crippen molar-refractivity contribution >= 4 is 34.2 Å². The van der Waals surface area contributed by atoms with Gasteiger partial charge in [0, 0.05) is 42.2 Å². The molecule has 1 atom stereocenters. The van der Waals surface area contributed by atoms with Crippen LogP contribution >= 0.6 is 0 Å². The van der Waals surface area contributed by atoms with Crippen molar-refractivity contribution in [1.29, 1.82) is 0 Å². The van der Waals surface area contributed by atoms with E-state index >= 15 is 0 Å². The summed E-state index contributed by atoms with van der Waals surface area (Å²) in [6.45, 7) is 1.66. The first kappa shape index (κ1) is 31.3. The summed E-state index contributed by atoms with van der Waals surface area (Å²) in [5, 5.41) is 7.23. The maximum Gasteiger partial charge on any atom is 0.226 e. The molecule has 234 valence electrons. The van der Waals surface area contributed by atoms with Crippen molar-refractivity contribution in [3.05, 3.63) is 66.0 Å². The second-order valence-corrected chi connectivity index (χ2v) is 11.2. The van der Waals surface area contributed by atoms with Crippen molar-refractivity contribution in [3.8, 4) is 23.8 Å². The number of methoxy groups -OCH3 is 1. The number of hydrogen-bond acceptors (Lipinski definition) is 9. The number of primary amides is 1. The third kappa shape index (κ3) is 8.07. The Morgan fingerprint density at radius 3 is 2.76 bits per heavy atom. The Hall–Kier alpha value is -5.15. The number of fused-ring (bicyclic) bond motifs is 1. The molecule has 0 spiro atoms. The number of nitrogens with zero attached hydrogens (tertiary/aromatic N) is 4. The van der Waals surface area contributed by atoms with Gasteiger partial charge in [-0.3, -0.25) is 9.59 Å². The van der Waals surface area contributed by atoms with E-state index in [4.69, 9.17) is 21.6 Å². The number of aromatic amines is 1. The lowest BCUT2D eigenvalue weighted by molar-refractivity contribution is -0.130. The number of ether oxygens (including phenoxy) is 2. The van der Waals surface area contributed by atoms with Crippen molar-refractivity contribution in [3.63, 3.8) is 0 Å². The largest absolute Gasteiger partial charge is 0.493 e. The van der Waals surface area contributed by atoms with Gasteiger partial charge in [0.25, 0.3) is 0 Å². The molecule has 5 rings (SSSR count). The van der Waals surface area contributed by atoms with Crippen LogP contribution in [0.5, 0.6) is 11.5 Å². The van der Waals surface area contributed by atoms with Crippen molar-refractivity contribution in [1.82, 2.24) is 30.2 Å². The molecule has 4 aromatic rings. The molecule has 0 saturated carbocycles. The topological polar surface area (TPSA) is 160 Å². The third-order valence-electron chi connectivity index (χ3n) is 7.74. The number of amides is 2. The third-order valence-corrected chi connectivity index (χ3v) is 7.74. The highest BCUT2D eigenvalue weighted by molar-refractivity contribution is 5.93. The number of hydrogen-bond donors (Lipinski definition) is 4. The molecule has 1 fully saturated rings. The fourth-order valence-electron chi connectivity index (χ4n) is 5.30. The first-order valence-electron chi connectivity index (χ1n) is 14.9. The van der Waals surface area contributed by atoms with E-state index < -0.39 is 0 Å². The molecule has 0 bridgehead atoms. The summed E-state index contributed by atoms with van der Waals surface area (Å²) in [5.41, 5.74) is 8.24. The van der Waals surface area contributed by atoms with Gasteiger partial charge in [-0.1, -0.05) is 24.8 Å². The van der Waals surface area contributed by atoms with E-state index in [1.807, 2.05) is 37.4 Å². The van der Waals surface area contributed by atoms with Gasteiger partial charge in [0.2, 0.25) is 11.8 Å². The molecule has 2 aromatic heterocycles. The summed E-state index contributed by atoms with van der Waals surface area (Å²) in [4.78, 5) is 42.9. The fraction of sp³-hybridized carbons (Fsp3) is 0.364. The molecule has 1 aliphatic heterocycles. The highest BCUT2D eigenvalue weighted by Crippen LogP contribution is 2.35. The predicted octanol–water partition coefficient (Wildman–Crippen LogP) is 3.82.